The molecule has 3 aromatic carbocycles. The number of ether oxygens (including phenoxy) is 3. The van der Waals surface area contributed by atoms with Crippen LogP contribution in [0.2, 0.25) is 0 Å². The second-order valence-corrected chi connectivity index (χ2v) is 10.8. The minimum Gasteiger partial charge on any atom is -0.504 e. The van der Waals surface area contributed by atoms with Gasteiger partial charge in [-0.2, -0.15) is 9.78 Å². The van der Waals surface area contributed by atoms with Crippen molar-refractivity contribution in [1.82, 2.24) is 19.9 Å². The van der Waals surface area contributed by atoms with Crippen molar-refractivity contribution in [2.45, 2.75) is 12.1 Å². The van der Waals surface area contributed by atoms with Gasteiger partial charge in [-0.25, -0.2) is 9.78 Å². The number of carbonyl (C=O) groups excluding carboxylic acids is 1. The van der Waals surface area contributed by atoms with E-state index in [-0.39, 0.29) is 5.75 Å². The third-order valence-corrected chi connectivity index (χ3v) is 7.64. The highest BCUT2D eigenvalue weighted by molar-refractivity contribution is 9.10. The first-order chi connectivity index (χ1) is 18.8. The molecule has 0 aliphatic rings. The summed E-state index contributed by atoms with van der Waals surface area (Å²) in [5, 5.41) is 24.5. The van der Waals surface area contributed by atoms with Gasteiger partial charge in [0.05, 0.1) is 28.5 Å². The number of phenolic OH excluding ortho intramolecular Hbond substituents is 1. The van der Waals surface area contributed by atoms with Gasteiger partial charge in [0.15, 0.2) is 17.3 Å². The molecule has 0 radical (unpaired) electrons. The molecule has 39 heavy (non-hydrogen) atoms. The number of methoxy groups -OCH3 is 1. The summed E-state index contributed by atoms with van der Waals surface area (Å²) in [4.78, 5) is 16.8. The van der Waals surface area contributed by atoms with E-state index in [1.807, 2.05) is 19.2 Å². The number of phenols is 1. The molecule has 0 bridgehead atoms. The summed E-state index contributed by atoms with van der Waals surface area (Å²) < 4.78 is 19.1. The van der Waals surface area contributed by atoms with Crippen molar-refractivity contribution in [2.75, 3.05) is 13.4 Å². The minimum atomic E-state index is -0.860. The van der Waals surface area contributed by atoms with E-state index in [0.717, 1.165) is 15.2 Å². The first-order valence-electron chi connectivity index (χ1n) is 11.3. The number of thioether (sulfide) groups is 1. The van der Waals surface area contributed by atoms with E-state index < -0.39 is 6.16 Å². The van der Waals surface area contributed by atoms with E-state index in [1.54, 1.807) is 64.7 Å². The molecule has 5 rings (SSSR count). The number of thiazole rings is 1. The molecule has 0 saturated heterocycles. The van der Waals surface area contributed by atoms with E-state index >= 15 is 0 Å². The van der Waals surface area contributed by atoms with Crippen LogP contribution < -0.4 is 14.2 Å². The summed E-state index contributed by atoms with van der Waals surface area (Å²) in [6.45, 7) is 1.92. The Morgan fingerprint density at radius 2 is 1.85 bits per heavy atom. The van der Waals surface area contributed by atoms with Gasteiger partial charge in [-0.3, -0.25) is 0 Å². The normalized spacial score (nSPS) is 11.3. The van der Waals surface area contributed by atoms with Gasteiger partial charge in [0.1, 0.15) is 11.5 Å². The summed E-state index contributed by atoms with van der Waals surface area (Å²) in [6.07, 6.45) is 2.62. The van der Waals surface area contributed by atoms with Gasteiger partial charge in [-0.1, -0.05) is 11.8 Å². The lowest BCUT2D eigenvalue weighted by atomic mass is 10.2. The van der Waals surface area contributed by atoms with Gasteiger partial charge < -0.3 is 19.3 Å². The van der Waals surface area contributed by atoms with Crippen molar-refractivity contribution in [3.05, 3.63) is 69.6 Å². The zero-order chi connectivity index (χ0) is 27.5. The number of halogens is 1. The number of nitrogens with zero attached hydrogens (tertiary/aromatic N) is 5. The summed E-state index contributed by atoms with van der Waals surface area (Å²) in [6, 6.07) is 15.2. The number of hydrogen-bond acceptors (Lipinski definition) is 11. The topological polar surface area (TPSA) is 121 Å². The molecule has 0 saturated carbocycles. The Kier molecular flexibility index (Phi) is 7.82. The molecular formula is C26H20BrN5O5S2. The van der Waals surface area contributed by atoms with E-state index in [4.69, 9.17) is 14.2 Å². The maximum atomic E-state index is 12.3. The Morgan fingerprint density at radius 1 is 1.10 bits per heavy atom. The molecule has 198 valence electrons. The molecule has 2 aromatic heterocycles. The average molecular weight is 627 g/mol. The van der Waals surface area contributed by atoms with Crippen molar-refractivity contribution in [2.24, 2.45) is 5.10 Å². The Balaban J connectivity index is 1.32. The standard InChI is InChI=1S/C26H20BrN5O5S2/c1-14-29-20-11-18(8-9-23(20)39-14)37-26(34)36-17-6-4-15(5-7-17)24-30-31-25(38-3)32(24)28-13-16-10-22(35-2)21(33)12-19(16)27/h4-13,33H,1-3H3/b28-13+. The summed E-state index contributed by atoms with van der Waals surface area (Å²) in [7, 11) is 1.47. The smallest absolute Gasteiger partial charge is 0.504 e. The predicted molar refractivity (Wildman–Crippen MR) is 154 cm³/mol. The van der Waals surface area contributed by atoms with Crippen molar-refractivity contribution in [3.8, 4) is 34.4 Å². The molecule has 1 N–H and O–H groups in total. The molecule has 0 amide bonds. The minimum absolute atomic E-state index is 0.0122. The lowest BCUT2D eigenvalue weighted by Crippen LogP contribution is -2.13. The molecule has 0 atom stereocenters. The van der Waals surface area contributed by atoms with Crippen molar-refractivity contribution >= 4 is 61.6 Å². The molecule has 0 spiro atoms. The molecular weight excluding hydrogens is 606 g/mol. The van der Waals surface area contributed by atoms with Crippen LogP contribution in [0.1, 0.15) is 10.6 Å². The van der Waals surface area contributed by atoms with Crippen molar-refractivity contribution in [1.29, 1.82) is 0 Å². The quantitative estimate of drug-likeness (QED) is 0.0931. The van der Waals surface area contributed by atoms with Crippen LogP contribution in [-0.2, 0) is 0 Å². The first kappa shape index (κ1) is 26.7. The number of aromatic hydroxyl groups is 1. The Morgan fingerprint density at radius 3 is 2.59 bits per heavy atom. The SMILES string of the molecule is COc1cc(/C=N/n2c(SC)nnc2-c2ccc(OC(=O)Oc3ccc4sc(C)nc4c3)cc2)c(Br)cc1O. The second kappa shape index (κ2) is 11.4. The fourth-order valence-electron chi connectivity index (χ4n) is 3.59. The Bertz CT molecular complexity index is 1700. The highest BCUT2D eigenvalue weighted by Crippen LogP contribution is 2.32. The van der Waals surface area contributed by atoms with Crippen molar-refractivity contribution < 1.29 is 24.1 Å². The third kappa shape index (κ3) is 5.90. The van der Waals surface area contributed by atoms with E-state index in [2.05, 4.69) is 36.2 Å². The maximum Gasteiger partial charge on any atom is 0.519 e. The summed E-state index contributed by atoms with van der Waals surface area (Å²) >= 11 is 6.38. The predicted octanol–water partition coefficient (Wildman–Crippen LogP) is 6.52. The average Bonchev–Trinajstić information content (AvgIpc) is 3.50. The largest absolute Gasteiger partial charge is 0.519 e. The van der Waals surface area contributed by atoms with Gasteiger partial charge in [0.25, 0.3) is 0 Å². The fraction of sp³-hybridized carbons (Fsp3) is 0.115. The first-order valence-corrected chi connectivity index (χ1v) is 14.2. The second-order valence-electron chi connectivity index (χ2n) is 7.95. The van der Waals surface area contributed by atoms with Gasteiger partial charge in [-0.05, 0) is 77.6 Å². The fourth-order valence-corrected chi connectivity index (χ4v) is 5.26. The number of hydrogen-bond donors (Lipinski definition) is 1. The van der Waals surface area contributed by atoms with Crippen molar-refractivity contribution in [3.63, 3.8) is 0 Å². The number of rotatable bonds is 7. The summed E-state index contributed by atoms with van der Waals surface area (Å²) in [5.74, 6) is 1.47. The highest BCUT2D eigenvalue weighted by Gasteiger charge is 2.15. The monoisotopic (exact) mass is 625 g/mol. The van der Waals surface area contributed by atoms with E-state index in [9.17, 15) is 9.90 Å². The number of carbonyl (C=O) groups is 1. The lowest BCUT2D eigenvalue weighted by Gasteiger charge is -2.08. The number of aryl methyl sites for hydroxylation is 1. The molecule has 0 unspecified atom stereocenters. The maximum absolute atomic E-state index is 12.3. The van der Waals surface area contributed by atoms with Crippen LogP contribution in [-0.4, -0.2) is 50.7 Å². The third-order valence-electron chi connectivity index (χ3n) is 5.39. The van der Waals surface area contributed by atoms with Crippen LogP contribution in [0.4, 0.5) is 4.79 Å². The molecule has 13 heteroatoms. The zero-order valence-corrected chi connectivity index (χ0v) is 24.0. The van der Waals surface area contributed by atoms with E-state index in [0.29, 0.717) is 43.8 Å². The van der Waals surface area contributed by atoms with Crippen LogP contribution in [0.15, 0.2) is 69.3 Å². The van der Waals surface area contributed by atoms with Crippen LogP contribution in [0.5, 0.6) is 23.0 Å². The number of fused-ring (bicyclic) bond motifs is 1. The highest BCUT2D eigenvalue weighted by atomic mass is 79.9. The van der Waals surface area contributed by atoms with Crippen LogP contribution >= 0.6 is 39.0 Å². The molecule has 0 aliphatic heterocycles. The van der Waals surface area contributed by atoms with Crippen LogP contribution in [0.25, 0.3) is 21.6 Å². The van der Waals surface area contributed by atoms with Gasteiger partial charge in [-0.15, -0.1) is 21.5 Å². The molecule has 5 aromatic rings. The van der Waals surface area contributed by atoms with Gasteiger partial charge in [0.2, 0.25) is 5.16 Å². The molecule has 0 aliphatic carbocycles. The molecule has 2 heterocycles. The van der Waals surface area contributed by atoms with Crippen LogP contribution in [0, 0.1) is 6.92 Å². The molecule has 0 fully saturated rings. The Labute approximate surface area is 239 Å². The lowest BCUT2D eigenvalue weighted by molar-refractivity contribution is 0.152. The number of benzene rings is 3. The molecule has 10 nitrogen and oxygen atoms in total. The zero-order valence-electron chi connectivity index (χ0n) is 20.8. The van der Waals surface area contributed by atoms with Gasteiger partial charge in [0, 0.05) is 21.7 Å². The van der Waals surface area contributed by atoms with Crippen LogP contribution in [0.3, 0.4) is 0 Å². The van der Waals surface area contributed by atoms with E-state index in [1.165, 1.54) is 24.9 Å². The summed E-state index contributed by atoms with van der Waals surface area (Å²) in [5.41, 5.74) is 2.15. The van der Waals surface area contributed by atoms with Gasteiger partial charge >= 0.3 is 6.16 Å². The number of aromatic nitrogens is 4. The Hall–Kier alpha value is -3.94.